The van der Waals surface area contributed by atoms with Gasteiger partial charge in [0, 0.05) is 50.8 Å². The van der Waals surface area contributed by atoms with Crippen LogP contribution in [0.3, 0.4) is 0 Å². The fourth-order valence-corrected chi connectivity index (χ4v) is 5.23. The van der Waals surface area contributed by atoms with Crippen LogP contribution in [0, 0.1) is 0 Å². The van der Waals surface area contributed by atoms with E-state index in [4.69, 9.17) is 10.5 Å². The molecule has 164 valence electrons. The van der Waals surface area contributed by atoms with Crippen LogP contribution in [0.15, 0.2) is 4.99 Å². The molecule has 9 nitrogen and oxygen atoms in total. The van der Waals surface area contributed by atoms with Gasteiger partial charge in [0.05, 0.1) is 12.3 Å². The summed E-state index contributed by atoms with van der Waals surface area (Å²) in [5.74, 6) is 1.97. The minimum absolute atomic E-state index is 0. The number of hydrogen-bond donors (Lipinski definition) is 1. The molecular formula is C16H32IN5O4S2. The van der Waals surface area contributed by atoms with Gasteiger partial charge in [-0.3, -0.25) is 4.99 Å². The van der Waals surface area contributed by atoms with Gasteiger partial charge in [0.2, 0.25) is 10.0 Å². The van der Waals surface area contributed by atoms with Crippen LogP contribution >= 0.6 is 35.7 Å². The summed E-state index contributed by atoms with van der Waals surface area (Å²) in [7, 11) is -3.28. The minimum Gasteiger partial charge on any atom is -0.444 e. The zero-order valence-electron chi connectivity index (χ0n) is 16.8. The smallest absolute Gasteiger partial charge is 0.410 e. The Morgan fingerprint density at radius 3 is 2.14 bits per heavy atom. The van der Waals surface area contributed by atoms with Gasteiger partial charge in [-0.2, -0.15) is 11.8 Å². The molecule has 0 bridgehead atoms. The Morgan fingerprint density at radius 1 is 1.07 bits per heavy atom. The molecule has 0 aliphatic carbocycles. The number of sulfonamides is 1. The molecule has 0 aromatic carbocycles. The standard InChI is InChI=1S/C16H31N5O4S2.HI/c1-16(2,3)25-15(22)20-7-5-19(6-8-20)14(17)18-4-13-27(23,24)21-9-11-26-12-10-21;/h4-13H2,1-3H3,(H2,17,18);1H. The first kappa shape index (κ1) is 25.6. The van der Waals surface area contributed by atoms with E-state index in [2.05, 4.69) is 4.99 Å². The SMILES string of the molecule is CC(C)(C)OC(=O)N1CCN(C(N)=NCCS(=O)(=O)N2CCSCC2)CC1.I. The largest absolute Gasteiger partial charge is 0.444 e. The molecule has 2 aliphatic rings. The maximum Gasteiger partial charge on any atom is 0.410 e. The van der Waals surface area contributed by atoms with E-state index in [1.54, 1.807) is 16.7 Å². The molecule has 2 rings (SSSR count). The molecule has 0 saturated carbocycles. The summed E-state index contributed by atoms with van der Waals surface area (Å²) in [6.07, 6.45) is -0.330. The lowest BCUT2D eigenvalue weighted by Gasteiger charge is -2.36. The van der Waals surface area contributed by atoms with Gasteiger partial charge in [-0.1, -0.05) is 0 Å². The highest BCUT2D eigenvalue weighted by atomic mass is 127. The number of rotatable bonds is 4. The highest BCUT2D eigenvalue weighted by Crippen LogP contribution is 2.14. The monoisotopic (exact) mass is 549 g/mol. The van der Waals surface area contributed by atoms with Crippen molar-refractivity contribution in [3.8, 4) is 0 Å². The van der Waals surface area contributed by atoms with Crippen molar-refractivity contribution in [2.45, 2.75) is 26.4 Å². The van der Waals surface area contributed by atoms with Gasteiger partial charge < -0.3 is 20.3 Å². The van der Waals surface area contributed by atoms with Crippen molar-refractivity contribution in [3.05, 3.63) is 0 Å². The second-order valence-electron chi connectivity index (χ2n) is 7.52. The van der Waals surface area contributed by atoms with E-state index in [0.717, 1.165) is 11.5 Å². The van der Waals surface area contributed by atoms with E-state index in [1.165, 1.54) is 4.31 Å². The zero-order chi connectivity index (χ0) is 20.1. The number of amides is 1. The minimum atomic E-state index is -3.28. The molecule has 0 spiro atoms. The first-order chi connectivity index (χ1) is 12.6. The summed E-state index contributed by atoms with van der Waals surface area (Å²) in [6.45, 7) is 8.87. The molecule has 2 heterocycles. The number of guanidine groups is 1. The van der Waals surface area contributed by atoms with E-state index >= 15 is 0 Å². The number of nitrogens with two attached hydrogens (primary N) is 1. The molecule has 0 unspecified atom stereocenters. The first-order valence-electron chi connectivity index (χ1n) is 9.17. The lowest BCUT2D eigenvalue weighted by atomic mass is 10.2. The van der Waals surface area contributed by atoms with Crippen LogP contribution in [0.25, 0.3) is 0 Å². The number of carbonyl (C=O) groups is 1. The van der Waals surface area contributed by atoms with Gasteiger partial charge in [-0.15, -0.1) is 24.0 Å². The van der Waals surface area contributed by atoms with Gasteiger partial charge >= 0.3 is 6.09 Å². The summed E-state index contributed by atoms with van der Waals surface area (Å²) in [5, 5.41) is 0. The third-order valence-corrected chi connectivity index (χ3v) is 7.03. The summed E-state index contributed by atoms with van der Waals surface area (Å²) in [4.78, 5) is 19.8. The Bertz CT molecular complexity index is 640. The predicted octanol–water partition coefficient (Wildman–Crippen LogP) is 0.850. The molecule has 0 atom stereocenters. The van der Waals surface area contributed by atoms with Crippen molar-refractivity contribution in [2.75, 3.05) is 63.1 Å². The van der Waals surface area contributed by atoms with Gasteiger partial charge in [-0.05, 0) is 20.8 Å². The number of piperazine rings is 1. The summed E-state index contributed by atoms with van der Waals surface area (Å²) in [5.41, 5.74) is 5.49. The Morgan fingerprint density at radius 2 is 1.61 bits per heavy atom. The fourth-order valence-electron chi connectivity index (χ4n) is 2.77. The van der Waals surface area contributed by atoms with Crippen LogP contribution in [0.2, 0.25) is 0 Å². The maximum absolute atomic E-state index is 12.3. The van der Waals surface area contributed by atoms with Crippen LogP contribution in [0.1, 0.15) is 20.8 Å². The van der Waals surface area contributed by atoms with Crippen LogP contribution in [0.5, 0.6) is 0 Å². The second-order valence-corrected chi connectivity index (χ2v) is 10.8. The van der Waals surface area contributed by atoms with Crippen LogP contribution in [-0.2, 0) is 14.8 Å². The molecule has 2 N–H and O–H groups in total. The number of ether oxygens (including phenoxy) is 1. The molecule has 0 aromatic rings. The van der Waals surface area contributed by atoms with Gasteiger partial charge in [0.15, 0.2) is 5.96 Å². The maximum atomic E-state index is 12.3. The molecule has 2 saturated heterocycles. The van der Waals surface area contributed by atoms with Crippen molar-refractivity contribution in [3.63, 3.8) is 0 Å². The summed E-state index contributed by atoms with van der Waals surface area (Å²) >= 11 is 1.77. The quantitative estimate of drug-likeness (QED) is 0.315. The average Bonchev–Trinajstić information content (AvgIpc) is 2.61. The molecule has 28 heavy (non-hydrogen) atoms. The third kappa shape index (κ3) is 8.11. The van der Waals surface area contributed by atoms with Crippen molar-refractivity contribution < 1.29 is 17.9 Å². The highest BCUT2D eigenvalue weighted by Gasteiger charge is 2.27. The van der Waals surface area contributed by atoms with E-state index in [0.29, 0.717) is 45.2 Å². The molecule has 0 radical (unpaired) electrons. The number of aliphatic imine (C=N–C) groups is 1. The summed E-state index contributed by atoms with van der Waals surface area (Å²) < 4.78 is 31.5. The number of halogens is 1. The van der Waals surface area contributed by atoms with Gasteiger partial charge in [0.1, 0.15) is 5.60 Å². The second kappa shape index (κ2) is 11.1. The lowest BCUT2D eigenvalue weighted by Crippen LogP contribution is -2.53. The number of hydrogen-bond acceptors (Lipinski definition) is 6. The van der Waals surface area contributed by atoms with Crippen molar-refractivity contribution in [2.24, 2.45) is 10.7 Å². The normalized spacial score (nSPS) is 19.9. The van der Waals surface area contributed by atoms with E-state index in [-0.39, 0.29) is 42.4 Å². The van der Waals surface area contributed by atoms with Crippen LogP contribution < -0.4 is 5.73 Å². The average molecular weight is 550 g/mol. The topological polar surface area (TPSA) is 109 Å². The van der Waals surface area contributed by atoms with E-state index < -0.39 is 15.6 Å². The summed E-state index contributed by atoms with van der Waals surface area (Å²) in [6, 6.07) is 0. The van der Waals surface area contributed by atoms with Crippen LogP contribution in [0.4, 0.5) is 4.79 Å². The molecule has 12 heteroatoms. The third-order valence-electron chi connectivity index (χ3n) is 4.24. The molecule has 2 aliphatic heterocycles. The van der Waals surface area contributed by atoms with Crippen molar-refractivity contribution in [1.29, 1.82) is 0 Å². The molecule has 1 amide bonds. The Balaban J connectivity index is 0.00000392. The molecule has 0 aromatic heterocycles. The Hall–Kier alpha value is -0.470. The van der Waals surface area contributed by atoms with Crippen LogP contribution in [-0.4, -0.2) is 103 Å². The number of nitrogens with zero attached hydrogens (tertiary/aromatic N) is 4. The van der Waals surface area contributed by atoms with E-state index in [1.807, 2.05) is 25.7 Å². The van der Waals surface area contributed by atoms with Gasteiger partial charge in [0.25, 0.3) is 0 Å². The van der Waals surface area contributed by atoms with Crippen molar-refractivity contribution >= 4 is 57.8 Å². The Kier molecular flexibility index (Phi) is 10.1. The zero-order valence-corrected chi connectivity index (χ0v) is 20.8. The van der Waals surface area contributed by atoms with Gasteiger partial charge in [-0.25, -0.2) is 17.5 Å². The van der Waals surface area contributed by atoms with E-state index in [9.17, 15) is 13.2 Å². The molecule has 2 fully saturated rings. The number of carbonyl (C=O) groups excluding carboxylic acids is 1. The molecular weight excluding hydrogens is 517 g/mol. The Labute approximate surface area is 189 Å². The fraction of sp³-hybridized carbons (Fsp3) is 0.875. The number of thioether (sulfide) groups is 1. The predicted molar refractivity (Wildman–Crippen MR) is 124 cm³/mol. The first-order valence-corrected chi connectivity index (χ1v) is 11.9. The lowest BCUT2D eigenvalue weighted by molar-refractivity contribution is 0.0186. The highest BCUT2D eigenvalue weighted by molar-refractivity contribution is 14.0. The van der Waals surface area contributed by atoms with Crippen molar-refractivity contribution in [1.82, 2.24) is 14.1 Å².